The Bertz CT molecular complexity index is 899. The highest BCUT2D eigenvalue weighted by Crippen LogP contribution is 2.30. The van der Waals surface area contributed by atoms with Gasteiger partial charge >= 0.3 is 0 Å². The van der Waals surface area contributed by atoms with Gasteiger partial charge in [-0.25, -0.2) is 9.37 Å². The number of nitrogens with zero attached hydrogens (tertiary/aromatic N) is 1. The summed E-state index contributed by atoms with van der Waals surface area (Å²) in [5, 5.41) is 4.11. The van der Waals surface area contributed by atoms with Crippen LogP contribution in [0.15, 0.2) is 53.4 Å². The Morgan fingerprint density at radius 3 is 2.71 bits per heavy atom. The number of aromatic nitrogens is 1. The van der Waals surface area contributed by atoms with Crippen LogP contribution >= 0.6 is 23.4 Å². The second-order valence-corrected chi connectivity index (χ2v) is 6.71. The highest BCUT2D eigenvalue weighted by Gasteiger charge is 2.09. The molecule has 0 bridgehead atoms. The molecule has 0 saturated carbocycles. The first kappa shape index (κ1) is 16.7. The molecule has 0 atom stereocenters. The molecule has 1 heterocycles. The molecule has 0 unspecified atom stereocenters. The maximum Gasteiger partial charge on any atom is 0.234 e. The molecule has 1 amide bonds. The van der Waals surface area contributed by atoms with Crippen LogP contribution in [0.3, 0.4) is 0 Å². The van der Waals surface area contributed by atoms with Crippen LogP contribution in [-0.2, 0) is 4.79 Å². The van der Waals surface area contributed by atoms with Gasteiger partial charge in [-0.2, -0.15) is 0 Å². The van der Waals surface area contributed by atoms with E-state index in [0.29, 0.717) is 10.8 Å². The quantitative estimate of drug-likeness (QED) is 0.522. The van der Waals surface area contributed by atoms with E-state index in [9.17, 15) is 9.18 Å². The summed E-state index contributed by atoms with van der Waals surface area (Å²) in [6, 6.07) is 13.3. The molecule has 1 N–H and O–H groups in total. The molecule has 0 aliphatic heterocycles. The third-order valence-electron chi connectivity index (χ3n) is 3.38. The number of hydrogen-bond acceptors (Lipinski definition) is 3. The molecule has 2 aromatic carbocycles. The van der Waals surface area contributed by atoms with Gasteiger partial charge in [-0.05, 0) is 49.4 Å². The molecule has 0 saturated heterocycles. The molecule has 0 radical (unpaired) electrons. The zero-order chi connectivity index (χ0) is 17.1. The molecule has 24 heavy (non-hydrogen) atoms. The number of fused-ring (bicyclic) bond motifs is 1. The number of carbonyl (C=O) groups is 1. The number of halogens is 2. The summed E-state index contributed by atoms with van der Waals surface area (Å²) < 4.78 is 12.9. The predicted octanol–water partition coefficient (Wildman–Crippen LogP) is 5.07. The first-order valence-electron chi connectivity index (χ1n) is 7.26. The Morgan fingerprint density at radius 2 is 1.96 bits per heavy atom. The molecular weight excluding hydrogens is 347 g/mol. The number of nitrogens with one attached hydrogen (secondary N) is 1. The van der Waals surface area contributed by atoms with Crippen molar-refractivity contribution in [2.75, 3.05) is 11.1 Å². The van der Waals surface area contributed by atoms with Crippen LogP contribution in [0.2, 0.25) is 5.15 Å². The van der Waals surface area contributed by atoms with Gasteiger partial charge in [0.15, 0.2) is 0 Å². The fourth-order valence-electron chi connectivity index (χ4n) is 2.27. The molecule has 3 rings (SSSR count). The van der Waals surface area contributed by atoms with E-state index in [-0.39, 0.29) is 17.5 Å². The van der Waals surface area contributed by atoms with E-state index < -0.39 is 0 Å². The molecule has 3 nitrogen and oxygen atoms in total. The molecule has 0 aliphatic rings. The summed E-state index contributed by atoms with van der Waals surface area (Å²) in [5.74, 6) is -0.281. The van der Waals surface area contributed by atoms with Crippen molar-refractivity contribution in [2.45, 2.75) is 11.8 Å². The number of hydrogen-bond donors (Lipinski definition) is 1. The highest BCUT2D eigenvalue weighted by atomic mass is 35.5. The van der Waals surface area contributed by atoms with Crippen LogP contribution in [0.5, 0.6) is 0 Å². The zero-order valence-electron chi connectivity index (χ0n) is 12.8. The second kappa shape index (κ2) is 7.20. The van der Waals surface area contributed by atoms with Crippen molar-refractivity contribution < 1.29 is 9.18 Å². The van der Waals surface area contributed by atoms with Crippen molar-refractivity contribution in [1.82, 2.24) is 4.98 Å². The van der Waals surface area contributed by atoms with Crippen LogP contribution in [0.1, 0.15) is 5.56 Å². The average molecular weight is 361 g/mol. The lowest BCUT2D eigenvalue weighted by molar-refractivity contribution is -0.113. The number of pyridine rings is 1. The smallest absolute Gasteiger partial charge is 0.234 e. The molecule has 1 aromatic heterocycles. The predicted molar refractivity (Wildman–Crippen MR) is 97.2 cm³/mol. The Morgan fingerprint density at radius 1 is 1.21 bits per heavy atom. The minimum Gasteiger partial charge on any atom is -0.325 e. The van der Waals surface area contributed by atoms with E-state index in [2.05, 4.69) is 10.3 Å². The lowest BCUT2D eigenvalue weighted by Gasteiger charge is -2.08. The summed E-state index contributed by atoms with van der Waals surface area (Å²) in [5.41, 5.74) is 2.48. The topological polar surface area (TPSA) is 42.0 Å². The van der Waals surface area contributed by atoms with E-state index in [1.54, 1.807) is 6.07 Å². The van der Waals surface area contributed by atoms with Crippen molar-refractivity contribution in [3.05, 3.63) is 65.1 Å². The molecule has 122 valence electrons. The molecule has 0 spiro atoms. The number of carbonyl (C=O) groups excluding carboxylic acids is 1. The Hall–Kier alpha value is -2.11. The summed E-state index contributed by atoms with van der Waals surface area (Å²) in [4.78, 5) is 17.3. The highest BCUT2D eigenvalue weighted by molar-refractivity contribution is 8.00. The summed E-state index contributed by atoms with van der Waals surface area (Å²) in [7, 11) is 0. The number of benzene rings is 2. The Balaban J connectivity index is 1.74. The van der Waals surface area contributed by atoms with Gasteiger partial charge in [0.1, 0.15) is 11.0 Å². The molecular formula is C18H14ClFN2OS. The number of anilines is 1. The first-order valence-corrected chi connectivity index (χ1v) is 8.63. The minimum atomic E-state index is -0.337. The standard InChI is InChI=1S/C18H14ClFN2OS/c1-11-2-7-15-14(8-11)16(9-17(19)22-15)24-10-18(23)21-13-5-3-12(20)4-6-13/h2-9H,10H2,1H3,(H,21,23). The largest absolute Gasteiger partial charge is 0.325 e. The maximum atomic E-state index is 12.9. The van der Waals surface area contributed by atoms with Gasteiger partial charge in [0.25, 0.3) is 0 Å². The van der Waals surface area contributed by atoms with Gasteiger partial charge in [-0.1, -0.05) is 23.2 Å². The third-order valence-corrected chi connectivity index (χ3v) is 4.63. The van der Waals surface area contributed by atoms with E-state index in [0.717, 1.165) is 21.4 Å². The van der Waals surface area contributed by atoms with Gasteiger partial charge in [-0.15, -0.1) is 11.8 Å². The maximum absolute atomic E-state index is 12.9. The number of thioether (sulfide) groups is 1. The Kier molecular flexibility index (Phi) is 5.02. The van der Waals surface area contributed by atoms with E-state index in [1.807, 2.05) is 25.1 Å². The van der Waals surface area contributed by atoms with E-state index >= 15 is 0 Å². The van der Waals surface area contributed by atoms with Gasteiger partial charge < -0.3 is 5.32 Å². The van der Waals surface area contributed by atoms with Gasteiger partial charge in [-0.3, -0.25) is 4.79 Å². The fourth-order valence-corrected chi connectivity index (χ4v) is 3.41. The van der Waals surface area contributed by atoms with E-state index in [1.165, 1.54) is 36.0 Å². The lowest BCUT2D eigenvalue weighted by Crippen LogP contribution is -2.13. The number of rotatable bonds is 4. The van der Waals surface area contributed by atoms with Crippen LogP contribution in [0.25, 0.3) is 10.9 Å². The molecule has 6 heteroatoms. The van der Waals surface area contributed by atoms with Crippen molar-refractivity contribution in [3.63, 3.8) is 0 Å². The van der Waals surface area contributed by atoms with Gasteiger partial charge in [0, 0.05) is 16.0 Å². The second-order valence-electron chi connectivity index (χ2n) is 5.31. The average Bonchev–Trinajstić information content (AvgIpc) is 2.55. The Labute approximate surface area is 148 Å². The van der Waals surface area contributed by atoms with Crippen molar-refractivity contribution in [1.29, 1.82) is 0 Å². The summed E-state index contributed by atoms with van der Waals surface area (Å²) in [6.45, 7) is 2.00. The van der Waals surface area contributed by atoms with Crippen molar-refractivity contribution in [2.24, 2.45) is 0 Å². The molecule has 3 aromatic rings. The zero-order valence-corrected chi connectivity index (χ0v) is 14.4. The van der Waals surface area contributed by atoms with Crippen LogP contribution in [0.4, 0.5) is 10.1 Å². The van der Waals surface area contributed by atoms with Crippen molar-refractivity contribution in [3.8, 4) is 0 Å². The summed E-state index contributed by atoms with van der Waals surface area (Å²) in [6.07, 6.45) is 0. The monoisotopic (exact) mass is 360 g/mol. The van der Waals surface area contributed by atoms with Crippen molar-refractivity contribution >= 4 is 45.9 Å². The number of aryl methyl sites for hydroxylation is 1. The van der Waals surface area contributed by atoms with Crippen LogP contribution in [0, 0.1) is 12.7 Å². The normalized spacial score (nSPS) is 10.8. The SMILES string of the molecule is Cc1ccc2nc(Cl)cc(SCC(=O)Nc3ccc(F)cc3)c2c1. The molecule has 0 fully saturated rings. The van der Waals surface area contributed by atoms with E-state index in [4.69, 9.17) is 11.6 Å². The summed E-state index contributed by atoms with van der Waals surface area (Å²) >= 11 is 7.46. The van der Waals surface area contributed by atoms with Crippen LogP contribution < -0.4 is 5.32 Å². The third kappa shape index (κ3) is 4.04. The first-order chi connectivity index (χ1) is 11.5. The van der Waals surface area contributed by atoms with Gasteiger partial charge in [0.2, 0.25) is 5.91 Å². The fraction of sp³-hybridized carbons (Fsp3) is 0.111. The minimum absolute atomic E-state index is 0.166. The van der Waals surface area contributed by atoms with Crippen LogP contribution in [-0.4, -0.2) is 16.6 Å². The lowest BCUT2D eigenvalue weighted by atomic mass is 10.1. The number of amides is 1. The molecule has 0 aliphatic carbocycles. The van der Waals surface area contributed by atoms with Gasteiger partial charge in [0.05, 0.1) is 11.3 Å².